The van der Waals surface area contributed by atoms with Crippen LogP contribution in [0.3, 0.4) is 0 Å². The lowest BCUT2D eigenvalue weighted by molar-refractivity contribution is -0.134. The van der Waals surface area contributed by atoms with Gasteiger partial charge < -0.3 is 9.64 Å². The van der Waals surface area contributed by atoms with Crippen molar-refractivity contribution in [2.45, 2.75) is 52.5 Å². The summed E-state index contributed by atoms with van der Waals surface area (Å²) in [6.07, 6.45) is 8.91. The number of hydrogen-bond acceptors (Lipinski definition) is 5. The lowest BCUT2D eigenvalue weighted by atomic mass is 9.92. The highest BCUT2D eigenvalue weighted by Crippen LogP contribution is 2.36. The van der Waals surface area contributed by atoms with E-state index in [0.29, 0.717) is 13.0 Å². The minimum absolute atomic E-state index is 0.0526. The van der Waals surface area contributed by atoms with Crippen molar-refractivity contribution in [3.8, 4) is 16.9 Å². The van der Waals surface area contributed by atoms with Crippen molar-refractivity contribution in [1.29, 1.82) is 0 Å². The lowest BCUT2D eigenvalue weighted by Gasteiger charge is -2.36. The van der Waals surface area contributed by atoms with Crippen LogP contribution in [0.15, 0.2) is 48.9 Å². The number of carbonyl (C=O) groups excluding carboxylic acids is 1. The van der Waals surface area contributed by atoms with Gasteiger partial charge in [-0.2, -0.15) is 0 Å². The molecule has 1 atom stereocenters. The fourth-order valence-electron chi connectivity index (χ4n) is 4.39. The van der Waals surface area contributed by atoms with Gasteiger partial charge in [-0.15, -0.1) is 0 Å². The number of hydrogen-bond donors (Lipinski definition) is 0. The minimum atomic E-state index is -0.0526. The molecule has 1 amide bonds. The van der Waals surface area contributed by atoms with E-state index in [9.17, 15) is 4.79 Å². The van der Waals surface area contributed by atoms with Crippen molar-refractivity contribution < 1.29 is 9.53 Å². The zero-order chi connectivity index (χ0) is 22.5. The van der Waals surface area contributed by atoms with E-state index in [1.807, 2.05) is 68.4 Å². The van der Waals surface area contributed by atoms with Crippen LogP contribution in [0.5, 0.6) is 5.75 Å². The number of rotatable bonds is 6. The van der Waals surface area contributed by atoms with Crippen LogP contribution in [-0.2, 0) is 11.2 Å². The van der Waals surface area contributed by atoms with Crippen molar-refractivity contribution in [2.24, 2.45) is 0 Å². The fourth-order valence-corrected chi connectivity index (χ4v) is 4.39. The van der Waals surface area contributed by atoms with Gasteiger partial charge in [0, 0.05) is 30.7 Å². The zero-order valence-corrected chi connectivity index (χ0v) is 19.0. The molecule has 4 rings (SSSR count). The maximum atomic E-state index is 13.4. The molecule has 6 heteroatoms. The Bertz CT molecular complexity index is 1080. The van der Waals surface area contributed by atoms with Crippen molar-refractivity contribution in [2.75, 3.05) is 13.2 Å². The van der Waals surface area contributed by atoms with Gasteiger partial charge in [0.05, 0.1) is 24.8 Å². The van der Waals surface area contributed by atoms with Crippen LogP contribution in [0.2, 0.25) is 0 Å². The van der Waals surface area contributed by atoms with Crippen LogP contribution >= 0.6 is 0 Å². The normalized spacial score (nSPS) is 16.1. The summed E-state index contributed by atoms with van der Waals surface area (Å²) in [5, 5.41) is 0. The lowest BCUT2D eigenvalue weighted by Crippen LogP contribution is -2.40. The average Bonchev–Trinajstić information content (AvgIpc) is 2.81. The average molecular weight is 431 g/mol. The zero-order valence-electron chi connectivity index (χ0n) is 19.0. The maximum Gasteiger partial charge on any atom is 0.227 e. The number of pyridine rings is 1. The Morgan fingerprint density at radius 2 is 1.91 bits per heavy atom. The van der Waals surface area contributed by atoms with Crippen molar-refractivity contribution in [3.05, 3.63) is 71.6 Å². The molecule has 0 N–H and O–H groups in total. The summed E-state index contributed by atoms with van der Waals surface area (Å²) in [6, 6.07) is 9.76. The van der Waals surface area contributed by atoms with Crippen molar-refractivity contribution >= 4 is 5.91 Å². The van der Waals surface area contributed by atoms with Crippen LogP contribution < -0.4 is 4.74 Å². The third-order valence-corrected chi connectivity index (χ3v) is 5.98. The molecular formula is C26H30N4O2. The quantitative estimate of drug-likeness (QED) is 0.559. The Labute approximate surface area is 189 Å². The molecule has 1 fully saturated rings. The van der Waals surface area contributed by atoms with Crippen molar-refractivity contribution in [1.82, 2.24) is 19.9 Å². The van der Waals surface area contributed by atoms with Crippen LogP contribution in [-0.4, -0.2) is 38.9 Å². The molecule has 0 unspecified atom stereocenters. The molecule has 0 bridgehead atoms. The largest absolute Gasteiger partial charge is 0.494 e. The highest BCUT2D eigenvalue weighted by atomic mass is 16.5. The number of amides is 1. The van der Waals surface area contributed by atoms with Gasteiger partial charge in [-0.3, -0.25) is 9.78 Å². The fraction of sp³-hybridized carbons (Fsp3) is 0.385. The summed E-state index contributed by atoms with van der Waals surface area (Å²) in [7, 11) is 0. The molecule has 1 aliphatic heterocycles. The Kier molecular flexibility index (Phi) is 6.78. The SMILES string of the molecule is CCOc1ccc(CC(=O)N2CCCC[C@H]2c2nc(C)ncc2-c2ccncc2C)cc1. The number of aromatic nitrogens is 3. The first-order valence-electron chi connectivity index (χ1n) is 11.3. The molecule has 32 heavy (non-hydrogen) atoms. The van der Waals surface area contributed by atoms with E-state index in [4.69, 9.17) is 9.72 Å². The van der Waals surface area contributed by atoms with Gasteiger partial charge in [-0.1, -0.05) is 12.1 Å². The summed E-state index contributed by atoms with van der Waals surface area (Å²) in [5.74, 6) is 1.68. The van der Waals surface area contributed by atoms with E-state index in [1.54, 1.807) is 6.20 Å². The van der Waals surface area contributed by atoms with Gasteiger partial charge in [0.1, 0.15) is 11.6 Å². The molecule has 0 saturated carbocycles. The molecule has 1 aliphatic rings. The van der Waals surface area contributed by atoms with Gasteiger partial charge in [-0.25, -0.2) is 9.97 Å². The number of carbonyl (C=O) groups is 1. The summed E-state index contributed by atoms with van der Waals surface area (Å²) >= 11 is 0. The summed E-state index contributed by atoms with van der Waals surface area (Å²) in [4.78, 5) is 29.0. The van der Waals surface area contributed by atoms with Gasteiger partial charge in [0.2, 0.25) is 5.91 Å². The second-order valence-corrected chi connectivity index (χ2v) is 8.26. The summed E-state index contributed by atoms with van der Waals surface area (Å²) in [5.41, 5.74) is 5.06. The third-order valence-electron chi connectivity index (χ3n) is 5.98. The second-order valence-electron chi connectivity index (χ2n) is 8.26. The molecule has 166 valence electrons. The Balaban J connectivity index is 1.63. The summed E-state index contributed by atoms with van der Waals surface area (Å²) < 4.78 is 5.52. The number of piperidine rings is 1. The van der Waals surface area contributed by atoms with E-state index in [1.165, 1.54) is 0 Å². The summed E-state index contributed by atoms with van der Waals surface area (Å²) in [6.45, 7) is 7.29. The number of aryl methyl sites for hydroxylation is 2. The number of benzene rings is 1. The van der Waals surface area contributed by atoms with E-state index < -0.39 is 0 Å². The molecule has 1 saturated heterocycles. The van der Waals surface area contributed by atoms with Gasteiger partial charge in [0.15, 0.2) is 0 Å². The van der Waals surface area contributed by atoms with Crippen molar-refractivity contribution in [3.63, 3.8) is 0 Å². The first-order chi connectivity index (χ1) is 15.6. The van der Waals surface area contributed by atoms with Crippen LogP contribution in [0, 0.1) is 13.8 Å². The highest BCUT2D eigenvalue weighted by molar-refractivity contribution is 5.80. The third kappa shape index (κ3) is 4.79. The predicted octanol–water partition coefficient (Wildman–Crippen LogP) is 4.85. The molecule has 3 aromatic rings. The Morgan fingerprint density at radius 1 is 1.09 bits per heavy atom. The predicted molar refractivity (Wildman–Crippen MR) is 124 cm³/mol. The maximum absolute atomic E-state index is 13.4. The molecule has 0 radical (unpaired) electrons. The number of ether oxygens (including phenoxy) is 1. The smallest absolute Gasteiger partial charge is 0.227 e. The molecule has 2 aromatic heterocycles. The molecule has 3 heterocycles. The molecule has 0 aliphatic carbocycles. The Hall–Kier alpha value is -3.28. The topological polar surface area (TPSA) is 68.2 Å². The molecule has 6 nitrogen and oxygen atoms in total. The molecule has 0 spiro atoms. The standard InChI is InChI=1S/C26H30N4O2/c1-4-32-21-10-8-20(9-11-21)15-25(31)30-14-6-5-7-24(30)26-23(17-28-19(3)29-26)22-12-13-27-16-18(22)2/h8-13,16-17,24H,4-7,14-15H2,1-3H3/t24-/m0/s1. The van der Waals surface area contributed by atoms with E-state index >= 15 is 0 Å². The highest BCUT2D eigenvalue weighted by Gasteiger charge is 2.31. The van der Waals surface area contributed by atoms with Crippen LogP contribution in [0.4, 0.5) is 0 Å². The van der Waals surface area contributed by atoms with E-state index in [0.717, 1.165) is 65.3 Å². The molecule has 1 aromatic carbocycles. The van der Waals surface area contributed by atoms with E-state index in [2.05, 4.69) is 9.97 Å². The van der Waals surface area contributed by atoms with Crippen LogP contribution in [0.1, 0.15) is 54.9 Å². The number of nitrogens with zero attached hydrogens (tertiary/aromatic N) is 4. The number of likely N-dealkylation sites (tertiary alicyclic amines) is 1. The second kappa shape index (κ2) is 9.90. The van der Waals surface area contributed by atoms with Gasteiger partial charge in [-0.05, 0) is 74.9 Å². The Morgan fingerprint density at radius 3 is 2.66 bits per heavy atom. The molecular weight excluding hydrogens is 400 g/mol. The monoisotopic (exact) mass is 430 g/mol. The first-order valence-corrected chi connectivity index (χ1v) is 11.3. The minimum Gasteiger partial charge on any atom is -0.494 e. The first kappa shape index (κ1) is 21.9. The van der Waals surface area contributed by atoms with Crippen LogP contribution in [0.25, 0.3) is 11.1 Å². The van der Waals surface area contributed by atoms with E-state index in [-0.39, 0.29) is 11.9 Å². The van der Waals surface area contributed by atoms with Gasteiger partial charge in [0.25, 0.3) is 0 Å². The van der Waals surface area contributed by atoms with Gasteiger partial charge >= 0.3 is 0 Å².